The van der Waals surface area contributed by atoms with Crippen molar-refractivity contribution >= 4 is 25.8 Å². The standard InChI is InChI=1S/C4H9.Pb.H/c1-3-4-2;;/h3H,4H2,1-2H3;;. The third-order valence-electron chi connectivity index (χ3n) is 0.644. The van der Waals surface area contributed by atoms with Crippen LogP contribution in [-0.2, 0) is 0 Å². The van der Waals surface area contributed by atoms with Crippen molar-refractivity contribution in [2.24, 2.45) is 0 Å². The van der Waals surface area contributed by atoms with E-state index in [0.717, 1.165) is 3.48 Å². The number of hydrogen-bond donors (Lipinski definition) is 0. The molecular weight excluding hydrogens is 255 g/mol. The third kappa shape index (κ3) is 4.92. The van der Waals surface area contributed by atoms with Crippen molar-refractivity contribution in [2.75, 3.05) is 0 Å². The van der Waals surface area contributed by atoms with Gasteiger partial charge in [0, 0.05) is 0 Å². The molecule has 0 saturated heterocycles. The minimum absolute atomic E-state index is 1.05. The van der Waals surface area contributed by atoms with Crippen LogP contribution in [0.15, 0.2) is 0 Å². The van der Waals surface area contributed by atoms with E-state index in [0.29, 0.717) is 0 Å². The summed E-state index contributed by atoms with van der Waals surface area (Å²) in [6.45, 7) is 4.54. The Labute approximate surface area is 49.6 Å². The zero-order valence-electron chi connectivity index (χ0n) is 3.86. The van der Waals surface area contributed by atoms with Crippen LogP contribution in [0.2, 0.25) is 3.48 Å². The van der Waals surface area contributed by atoms with Crippen LogP contribution in [0.3, 0.4) is 0 Å². The van der Waals surface area contributed by atoms with Crippen molar-refractivity contribution in [3.05, 3.63) is 0 Å². The Kier molecular flexibility index (Phi) is 3.70. The van der Waals surface area contributed by atoms with E-state index in [1.807, 2.05) is 0 Å². The Hall–Kier alpha value is 0.922. The molecule has 0 amide bonds. The monoisotopic (exact) mass is 266 g/mol. The second-order valence-corrected chi connectivity index (χ2v) is 5.81. The molecule has 0 saturated carbocycles. The molecule has 0 rings (SSSR count). The quantitative estimate of drug-likeness (QED) is 0.623. The average molecular weight is 265 g/mol. The summed E-state index contributed by atoms with van der Waals surface area (Å²) in [5.41, 5.74) is 0. The Morgan fingerprint density at radius 3 is 2.00 bits per heavy atom. The molecule has 0 nitrogen and oxygen atoms in total. The molecule has 0 fully saturated rings. The van der Waals surface area contributed by atoms with Gasteiger partial charge in [-0.1, -0.05) is 0 Å². The van der Waals surface area contributed by atoms with E-state index < -0.39 is 0 Å². The normalized spacial score (nSPS) is 15.0. The minimum atomic E-state index is 1.05. The number of rotatable bonds is 1. The van der Waals surface area contributed by atoms with Gasteiger partial charge in [-0.2, -0.15) is 0 Å². The second-order valence-electron chi connectivity index (χ2n) is 1.39. The van der Waals surface area contributed by atoms with Crippen molar-refractivity contribution < 1.29 is 0 Å². The predicted octanol–water partition coefficient (Wildman–Crippen LogP) is 1.11. The van der Waals surface area contributed by atoms with Gasteiger partial charge in [-0.25, -0.2) is 0 Å². The first kappa shape index (κ1) is 5.92. The van der Waals surface area contributed by atoms with Gasteiger partial charge in [0.15, 0.2) is 0 Å². The Balaban J connectivity index is 2.54. The summed E-state index contributed by atoms with van der Waals surface area (Å²) in [7, 11) is 0. The summed E-state index contributed by atoms with van der Waals surface area (Å²) in [6, 6.07) is 0. The molecule has 0 aliphatic carbocycles. The summed E-state index contributed by atoms with van der Waals surface area (Å²) < 4.78 is 1.05. The number of hydrogen-bond acceptors (Lipinski definition) is 0. The molecule has 30 valence electrons. The van der Waals surface area contributed by atoms with Gasteiger partial charge in [-0.05, 0) is 0 Å². The van der Waals surface area contributed by atoms with E-state index in [1.165, 1.54) is 32.2 Å². The van der Waals surface area contributed by atoms with Crippen molar-refractivity contribution in [1.82, 2.24) is 0 Å². The first-order valence-corrected chi connectivity index (χ1v) is 4.62. The molecule has 0 aromatic heterocycles. The van der Waals surface area contributed by atoms with E-state index >= 15 is 0 Å². The first-order valence-electron chi connectivity index (χ1n) is 2.03. The Morgan fingerprint density at radius 1 is 1.80 bits per heavy atom. The molecular formula is C4H10Pb. The van der Waals surface area contributed by atoms with Gasteiger partial charge in [0.05, 0.1) is 0 Å². The summed E-state index contributed by atoms with van der Waals surface area (Å²) in [5.74, 6) is 0. The van der Waals surface area contributed by atoms with E-state index in [4.69, 9.17) is 0 Å². The summed E-state index contributed by atoms with van der Waals surface area (Å²) in [6.07, 6.45) is 1.38. The molecule has 0 aromatic carbocycles. The van der Waals surface area contributed by atoms with Crippen molar-refractivity contribution in [2.45, 2.75) is 23.7 Å². The SMILES string of the molecule is CC[CH](C)[PbH]. The molecule has 0 N–H and O–H groups in total. The molecule has 0 aliphatic rings. The molecule has 0 spiro atoms. The third-order valence-corrected chi connectivity index (χ3v) is 2.48. The molecule has 0 aromatic rings. The van der Waals surface area contributed by atoms with Gasteiger partial charge < -0.3 is 0 Å². The fraction of sp³-hybridized carbons (Fsp3) is 1.00. The van der Waals surface area contributed by atoms with E-state index in [9.17, 15) is 0 Å². The molecule has 0 aliphatic heterocycles. The zero-order chi connectivity index (χ0) is 4.28. The molecule has 1 unspecified atom stereocenters. The van der Waals surface area contributed by atoms with Crippen molar-refractivity contribution in [3.63, 3.8) is 0 Å². The van der Waals surface area contributed by atoms with Crippen LogP contribution < -0.4 is 0 Å². The van der Waals surface area contributed by atoms with Gasteiger partial charge in [-0.15, -0.1) is 0 Å². The van der Waals surface area contributed by atoms with Crippen LogP contribution in [0.1, 0.15) is 20.3 Å². The predicted molar refractivity (Wildman–Crippen MR) is 26.9 cm³/mol. The Morgan fingerprint density at radius 2 is 2.00 bits per heavy atom. The zero-order valence-corrected chi connectivity index (χ0v) is 8.35. The summed E-state index contributed by atoms with van der Waals surface area (Å²) >= 11 is 1.20. The average Bonchev–Trinajstić information content (AvgIpc) is 1.38. The van der Waals surface area contributed by atoms with E-state index in [-0.39, 0.29) is 0 Å². The molecule has 1 heteroatoms. The van der Waals surface area contributed by atoms with Crippen LogP contribution in [-0.4, -0.2) is 25.8 Å². The Bertz CT molecular complexity index is 17.6. The van der Waals surface area contributed by atoms with E-state index in [1.54, 1.807) is 0 Å². The summed E-state index contributed by atoms with van der Waals surface area (Å²) in [5, 5.41) is 0. The second kappa shape index (κ2) is 3.13. The van der Waals surface area contributed by atoms with Crippen LogP contribution in [0.4, 0.5) is 0 Å². The van der Waals surface area contributed by atoms with Gasteiger partial charge in [0.25, 0.3) is 0 Å². The molecule has 1 atom stereocenters. The van der Waals surface area contributed by atoms with Crippen LogP contribution in [0.25, 0.3) is 0 Å². The molecule has 2 radical (unpaired) electrons. The maximum absolute atomic E-state index is 2.30. The van der Waals surface area contributed by atoms with Crippen LogP contribution in [0, 0.1) is 0 Å². The molecule has 5 heavy (non-hydrogen) atoms. The van der Waals surface area contributed by atoms with Crippen molar-refractivity contribution in [3.8, 4) is 0 Å². The van der Waals surface area contributed by atoms with Gasteiger partial charge in [0.2, 0.25) is 0 Å². The van der Waals surface area contributed by atoms with Crippen LogP contribution >= 0.6 is 0 Å². The van der Waals surface area contributed by atoms with E-state index in [2.05, 4.69) is 13.8 Å². The molecule has 0 bridgehead atoms. The first-order chi connectivity index (χ1) is 2.27. The molecule has 0 heterocycles. The summed E-state index contributed by atoms with van der Waals surface area (Å²) in [4.78, 5) is 0. The van der Waals surface area contributed by atoms with Gasteiger partial charge in [0.1, 0.15) is 0 Å². The van der Waals surface area contributed by atoms with Gasteiger partial charge in [-0.3, -0.25) is 0 Å². The maximum atomic E-state index is 2.30. The van der Waals surface area contributed by atoms with Crippen LogP contribution in [0.5, 0.6) is 0 Å². The van der Waals surface area contributed by atoms with Crippen molar-refractivity contribution in [1.29, 1.82) is 0 Å². The van der Waals surface area contributed by atoms with Gasteiger partial charge >= 0.3 is 49.5 Å². The fourth-order valence-corrected chi connectivity index (χ4v) is 0. The fourth-order valence-electron chi connectivity index (χ4n) is 0. The topological polar surface area (TPSA) is 0 Å².